The number of carbonyl (C=O) groups is 1. The van der Waals surface area contributed by atoms with Crippen LogP contribution in [0.2, 0.25) is 0 Å². The van der Waals surface area contributed by atoms with Crippen molar-refractivity contribution in [2.75, 3.05) is 0 Å². The third kappa shape index (κ3) is 2.33. The predicted molar refractivity (Wildman–Crippen MR) is 73.0 cm³/mol. The summed E-state index contributed by atoms with van der Waals surface area (Å²) in [7, 11) is 0. The molecular formula is C16H16FNO2. The zero-order chi connectivity index (χ0) is 14.1. The number of hydrogen-bond donors (Lipinski definition) is 1. The molecule has 0 aliphatic heterocycles. The summed E-state index contributed by atoms with van der Waals surface area (Å²) in [5.41, 5.74) is 2.22. The molecule has 1 unspecified atom stereocenters. The first-order valence-electron chi connectivity index (χ1n) is 6.78. The van der Waals surface area contributed by atoms with E-state index in [2.05, 4.69) is 5.32 Å². The Labute approximate surface area is 116 Å². The molecule has 1 aliphatic carbocycles. The van der Waals surface area contributed by atoms with E-state index in [1.54, 1.807) is 13.2 Å². The van der Waals surface area contributed by atoms with Gasteiger partial charge in [0.15, 0.2) is 0 Å². The number of aryl methyl sites for hydroxylation is 2. The number of benzene rings is 1. The van der Waals surface area contributed by atoms with E-state index < -0.39 is 0 Å². The van der Waals surface area contributed by atoms with Gasteiger partial charge in [-0.15, -0.1) is 0 Å². The normalized spacial score (nSPS) is 17.6. The molecule has 0 spiro atoms. The van der Waals surface area contributed by atoms with Crippen molar-refractivity contribution in [2.45, 2.75) is 32.2 Å². The Hall–Kier alpha value is -2.10. The maximum atomic E-state index is 13.1. The van der Waals surface area contributed by atoms with Crippen molar-refractivity contribution in [1.29, 1.82) is 0 Å². The molecule has 3 nitrogen and oxygen atoms in total. The summed E-state index contributed by atoms with van der Waals surface area (Å²) < 4.78 is 18.5. The van der Waals surface area contributed by atoms with E-state index in [0.717, 1.165) is 30.6 Å². The summed E-state index contributed by atoms with van der Waals surface area (Å²) in [6.07, 6.45) is 4.48. The fraction of sp³-hybridized carbons (Fsp3) is 0.312. The third-order valence-electron chi connectivity index (χ3n) is 3.79. The Morgan fingerprint density at radius 2 is 2.25 bits per heavy atom. The van der Waals surface area contributed by atoms with E-state index in [1.165, 1.54) is 18.2 Å². The highest BCUT2D eigenvalue weighted by Gasteiger charge is 2.24. The van der Waals surface area contributed by atoms with Gasteiger partial charge in [0.05, 0.1) is 12.3 Å². The first kappa shape index (κ1) is 12.9. The van der Waals surface area contributed by atoms with Gasteiger partial charge in [0, 0.05) is 17.5 Å². The fourth-order valence-electron chi connectivity index (χ4n) is 2.75. The van der Waals surface area contributed by atoms with Gasteiger partial charge in [-0.05, 0) is 49.6 Å². The van der Waals surface area contributed by atoms with Crippen LogP contribution in [-0.4, -0.2) is 5.91 Å². The van der Waals surface area contributed by atoms with Crippen LogP contribution >= 0.6 is 0 Å². The second-order valence-electron chi connectivity index (χ2n) is 5.18. The lowest BCUT2D eigenvalue weighted by molar-refractivity contribution is 0.0931. The molecule has 1 aromatic heterocycles. The summed E-state index contributed by atoms with van der Waals surface area (Å²) in [5.74, 6) is 0.466. The zero-order valence-corrected chi connectivity index (χ0v) is 11.3. The lowest BCUT2D eigenvalue weighted by Crippen LogP contribution is -2.30. The maximum absolute atomic E-state index is 13.1. The summed E-state index contributed by atoms with van der Waals surface area (Å²) in [6, 6.07) is 6.11. The van der Waals surface area contributed by atoms with Gasteiger partial charge >= 0.3 is 0 Å². The molecule has 4 heteroatoms. The molecule has 104 valence electrons. The Morgan fingerprint density at radius 1 is 1.40 bits per heavy atom. The van der Waals surface area contributed by atoms with Crippen LogP contribution in [0.1, 0.15) is 46.1 Å². The molecular weight excluding hydrogens is 257 g/mol. The second-order valence-corrected chi connectivity index (χ2v) is 5.18. The molecule has 1 N–H and O–H groups in total. The number of carbonyl (C=O) groups excluding carboxylic acids is 1. The van der Waals surface area contributed by atoms with Crippen LogP contribution in [-0.2, 0) is 6.42 Å². The first-order valence-corrected chi connectivity index (χ1v) is 6.78. The van der Waals surface area contributed by atoms with Crippen LogP contribution in [0.25, 0.3) is 0 Å². The van der Waals surface area contributed by atoms with Crippen molar-refractivity contribution in [3.63, 3.8) is 0 Å². The van der Waals surface area contributed by atoms with Gasteiger partial charge in [-0.1, -0.05) is 0 Å². The molecule has 3 rings (SSSR count). The minimum absolute atomic E-state index is 0.0190. The second kappa shape index (κ2) is 5.12. The quantitative estimate of drug-likeness (QED) is 0.909. The Kier molecular flexibility index (Phi) is 3.30. The van der Waals surface area contributed by atoms with Crippen LogP contribution < -0.4 is 5.32 Å². The molecule has 1 heterocycles. The van der Waals surface area contributed by atoms with Crippen molar-refractivity contribution < 1.29 is 13.6 Å². The van der Waals surface area contributed by atoms with Gasteiger partial charge in [0.2, 0.25) is 0 Å². The van der Waals surface area contributed by atoms with Gasteiger partial charge in [0.25, 0.3) is 5.91 Å². The smallest absolute Gasteiger partial charge is 0.252 e. The molecule has 0 saturated carbocycles. The predicted octanol–water partition coefficient (Wildman–Crippen LogP) is 3.53. The lowest BCUT2D eigenvalue weighted by atomic mass is 9.93. The van der Waals surface area contributed by atoms with Crippen LogP contribution in [0.4, 0.5) is 4.39 Å². The topological polar surface area (TPSA) is 42.2 Å². The van der Waals surface area contributed by atoms with E-state index in [0.29, 0.717) is 11.1 Å². The van der Waals surface area contributed by atoms with Crippen molar-refractivity contribution >= 4 is 5.91 Å². The molecule has 0 saturated heterocycles. The highest BCUT2D eigenvalue weighted by atomic mass is 19.1. The molecule has 1 aromatic carbocycles. The van der Waals surface area contributed by atoms with E-state index in [-0.39, 0.29) is 17.8 Å². The monoisotopic (exact) mass is 273 g/mol. The minimum Gasteiger partial charge on any atom is -0.469 e. The number of nitrogens with one attached hydrogen (secondary N) is 1. The number of halogens is 1. The van der Waals surface area contributed by atoms with Crippen molar-refractivity contribution in [3.8, 4) is 0 Å². The lowest BCUT2D eigenvalue weighted by Gasteiger charge is -2.23. The first-order chi connectivity index (χ1) is 9.65. The molecule has 0 radical (unpaired) electrons. The molecule has 0 bridgehead atoms. The van der Waals surface area contributed by atoms with E-state index in [9.17, 15) is 9.18 Å². The van der Waals surface area contributed by atoms with Gasteiger partial charge in [-0.25, -0.2) is 4.39 Å². The largest absolute Gasteiger partial charge is 0.469 e. The van der Waals surface area contributed by atoms with Crippen LogP contribution in [0.15, 0.2) is 34.9 Å². The number of fused-ring (bicyclic) bond motifs is 1. The minimum atomic E-state index is -0.325. The van der Waals surface area contributed by atoms with Gasteiger partial charge < -0.3 is 9.73 Å². The third-order valence-corrected chi connectivity index (χ3v) is 3.79. The van der Waals surface area contributed by atoms with Crippen molar-refractivity contribution in [1.82, 2.24) is 5.32 Å². The molecule has 1 aliphatic rings. The Bertz CT molecular complexity index is 648. The standard InChI is InChI=1S/C16H16FNO2/c1-10-9-11(17)5-6-12(10)16(19)18-14-3-2-4-15-13(14)7-8-20-15/h5-9,14H,2-4H2,1H3,(H,18,19). The van der Waals surface area contributed by atoms with Crippen LogP contribution in [0, 0.1) is 12.7 Å². The number of rotatable bonds is 2. The summed E-state index contributed by atoms with van der Waals surface area (Å²) in [4.78, 5) is 12.3. The highest BCUT2D eigenvalue weighted by molar-refractivity contribution is 5.95. The summed E-state index contributed by atoms with van der Waals surface area (Å²) in [5, 5.41) is 3.02. The number of furan rings is 1. The SMILES string of the molecule is Cc1cc(F)ccc1C(=O)NC1CCCc2occc21. The average molecular weight is 273 g/mol. The van der Waals surface area contributed by atoms with Gasteiger partial charge in [0.1, 0.15) is 11.6 Å². The number of hydrogen-bond acceptors (Lipinski definition) is 2. The summed E-state index contributed by atoms with van der Waals surface area (Å²) in [6.45, 7) is 1.74. The molecule has 0 fully saturated rings. The van der Waals surface area contributed by atoms with Gasteiger partial charge in [-0.3, -0.25) is 4.79 Å². The van der Waals surface area contributed by atoms with Crippen molar-refractivity contribution in [2.24, 2.45) is 0 Å². The average Bonchev–Trinajstić information content (AvgIpc) is 2.87. The molecule has 20 heavy (non-hydrogen) atoms. The number of amides is 1. The Balaban J connectivity index is 1.81. The molecule has 2 aromatic rings. The van der Waals surface area contributed by atoms with Crippen LogP contribution in [0.3, 0.4) is 0 Å². The van der Waals surface area contributed by atoms with Crippen molar-refractivity contribution in [3.05, 3.63) is 58.8 Å². The summed E-state index contributed by atoms with van der Waals surface area (Å²) >= 11 is 0. The zero-order valence-electron chi connectivity index (χ0n) is 11.3. The highest BCUT2D eigenvalue weighted by Crippen LogP contribution is 2.30. The van der Waals surface area contributed by atoms with E-state index in [4.69, 9.17) is 4.42 Å². The van der Waals surface area contributed by atoms with Gasteiger partial charge in [-0.2, -0.15) is 0 Å². The van der Waals surface area contributed by atoms with Crippen LogP contribution in [0.5, 0.6) is 0 Å². The van der Waals surface area contributed by atoms with E-state index in [1.807, 2.05) is 6.07 Å². The molecule has 1 atom stereocenters. The molecule has 1 amide bonds. The Morgan fingerprint density at radius 3 is 3.05 bits per heavy atom. The fourth-order valence-corrected chi connectivity index (χ4v) is 2.75. The maximum Gasteiger partial charge on any atom is 0.252 e. The van der Waals surface area contributed by atoms with E-state index >= 15 is 0 Å².